The second-order valence-electron chi connectivity index (χ2n) is 7.63. The normalized spacial score (nSPS) is 28.0. The van der Waals surface area contributed by atoms with Crippen molar-refractivity contribution in [3.05, 3.63) is 58.5 Å². The van der Waals surface area contributed by atoms with Gasteiger partial charge in [-0.15, -0.1) is 0 Å². The number of fused-ring (bicyclic) bond motifs is 2. The van der Waals surface area contributed by atoms with E-state index in [1.165, 1.54) is 18.5 Å². The lowest BCUT2D eigenvalue weighted by atomic mass is 9.86. The molecule has 0 bridgehead atoms. The van der Waals surface area contributed by atoms with Crippen LogP contribution in [-0.4, -0.2) is 32.2 Å². The molecule has 2 atom stereocenters. The average molecular weight is 394 g/mol. The third-order valence-electron chi connectivity index (χ3n) is 5.93. The Balaban J connectivity index is 1.32. The van der Waals surface area contributed by atoms with Crippen molar-refractivity contribution < 1.29 is 9.90 Å². The Labute approximate surface area is 165 Å². The lowest BCUT2D eigenvalue weighted by molar-refractivity contribution is 0.0293. The maximum atomic E-state index is 12.5. The van der Waals surface area contributed by atoms with Gasteiger partial charge in [-0.3, -0.25) is 14.9 Å². The monoisotopic (exact) mass is 393 g/mol. The minimum Gasteiger partial charge on any atom is -0.385 e. The van der Waals surface area contributed by atoms with E-state index in [0.717, 1.165) is 16.5 Å². The first-order valence-corrected chi connectivity index (χ1v) is 9.38. The molecule has 0 spiro atoms. The van der Waals surface area contributed by atoms with Gasteiger partial charge >= 0.3 is 0 Å². The second-order valence-corrected chi connectivity index (χ2v) is 8.06. The highest BCUT2D eigenvalue weighted by Gasteiger charge is 2.62. The summed E-state index contributed by atoms with van der Waals surface area (Å²) in [7, 11) is 0. The molecule has 28 heavy (non-hydrogen) atoms. The van der Waals surface area contributed by atoms with Gasteiger partial charge in [-0.05, 0) is 48.4 Å². The lowest BCUT2D eigenvalue weighted by Crippen LogP contribution is -2.33. The Morgan fingerprint density at radius 3 is 2.82 bits per heavy atom. The van der Waals surface area contributed by atoms with E-state index in [9.17, 15) is 9.90 Å². The Kier molecular flexibility index (Phi) is 3.69. The topological polar surface area (TPSA) is 115 Å². The molecule has 2 unspecified atom stereocenters. The first kappa shape index (κ1) is 17.2. The number of pyridine rings is 1. The van der Waals surface area contributed by atoms with E-state index in [2.05, 4.69) is 20.5 Å². The van der Waals surface area contributed by atoms with Crippen LogP contribution in [0.4, 0.5) is 0 Å². The van der Waals surface area contributed by atoms with E-state index in [4.69, 9.17) is 16.9 Å². The van der Waals surface area contributed by atoms with Crippen molar-refractivity contribution in [2.75, 3.05) is 0 Å². The molecule has 140 valence electrons. The Morgan fingerprint density at radius 1 is 1.29 bits per heavy atom. The predicted molar refractivity (Wildman–Crippen MR) is 101 cm³/mol. The second kappa shape index (κ2) is 6.03. The molecule has 5 rings (SSSR count). The fourth-order valence-corrected chi connectivity index (χ4v) is 4.78. The van der Waals surface area contributed by atoms with E-state index in [0.29, 0.717) is 29.0 Å². The van der Waals surface area contributed by atoms with Gasteiger partial charge in [0.2, 0.25) is 0 Å². The predicted octanol–water partition coefficient (Wildman–Crippen LogP) is 2.51. The molecular formula is C20H16ClN5O2. The summed E-state index contributed by atoms with van der Waals surface area (Å²) in [5, 5.41) is 31.6. The number of aromatic nitrogens is 3. The summed E-state index contributed by atoms with van der Waals surface area (Å²) in [6.45, 7) is 0. The van der Waals surface area contributed by atoms with Gasteiger partial charge in [-0.2, -0.15) is 10.4 Å². The highest BCUT2D eigenvalue weighted by atomic mass is 35.5. The van der Waals surface area contributed by atoms with E-state index in [1.54, 1.807) is 18.3 Å². The van der Waals surface area contributed by atoms with Crippen molar-refractivity contribution in [2.24, 2.45) is 11.8 Å². The molecule has 2 aromatic heterocycles. The van der Waals surface area contributed by atoms with Crippen molar-refractivity contribution in [1.29, 1.82) is 5.26 Å². The van der Waals surface area contributed by atoms with Crippen molar-refractivity contribution >= 4 is 28.4 Å². The van der Waals surface area contributed by atoms with Gasteiger partial charge in [-0.1, -0.05) is 11.6 Å². The number of aromatic amines is 1. The molecule has 2 aliphatic rings. The number of benzene rings is 1. The molecule has 2 aliphatic carbocycles. The van der Waals surface area contributed by atoms with Crippen LogP contribution in [0.25, 0.3) is 10.9 Å². The molecule has 0 radical (unpaired) electrons. The number of H-pyrrole nitrogens is 1. The maximum absolute atomic E-state index is 12.5. The van der Waals surface area contributed by atoms with Crippen LogP contribution in [0.3, 0.4) is 0 Å². The number of nitrogens with one attached hydrogen (secondary N) is 2. The van der Waals surface area contributed by atoms with Crippen molar-refractivity contribution in [1.82, 2.24) is 20.5 Å². The molecule has 2 saturated carbocycles. The highest BCUT2D eigenvalue weighted by Crippen LogP contribution is 2.60. The number of nitrogens with zero attached hydrogens (tertiary/aromatic N) is 3. The molecule has 2 heterocycles. The Hall–Kier alpha value is -2.95. The molecule has 2 fully saturated rings. The first-order chi connectivity index (χ1) is 13.5. The fourth-order valence-electron chi connectivity index (χ4n) is 4.56. The minimum atomic E-state index is -0.980. The van der Waals surface area contributed by atoms with Crippen LogP contribution in [0.15, 0.2) is 36.8 Å². The fraction of sp³-hybridized carbons (Fsp3) is 0.300. The van der Waals surface area contributed by atoms with Crippen LogP contribution in [-0.2, 0) is 5.60 Å². The van der Waals surface area contributed by atoms with Crippen LogP contribution in [0, 0.1) is 23.2 Å². The quantitative estimate of drug-likeness (QED) is 0.632. The van der Waals surface area contributed by atoms with Gasteiger partial charge in [-0.25, -0.2) is 0 Å². The summed E-state index contributed by atoms with van der Waals surface area (Å²) in [6, 6.07) is 7.13. The molecular weight excluding hydrogens is 378 g/mol. The van der Waals surface area contributed by atoms with Crippen molar-refractivity contribution in [3.8, 4) is 6.07 Å². The summed E-state index contributed by atoms with van der Waals surface area (Å²) < 4.78 is 0. The molecule has 3 aromatic rings. The molecule has 3 N–H and O–H groups in total. The number of amides is 1. The number of hydrogen-bond donors (Lipinski definition) is 3. The van der Waals surface area contributed by atoms with Crippen molar-refractivity contribution in [2.45, 2.75) is 24.5 Å². The van der Waals surface area contributed by atoms with Gasteiger partial charge in [0.15, 0.2) is 0 Å². The zero-order chi connectivity index (χ0) is 19.5. The number of halogens is 1. The number of carbonyl (C=O) groups is 1. The van der Waals surface area contributed by atoms with Crippen LogP contribution in [0.2, 0.25) is 5.02 Å². The molecule has 0 saturated heterocycles. The number of aliphatic hydroxyl groups is 1. The summed E-state index contributed by atoms with van der Waals surface area (Å²) in [6.07, 6.45) is 5.69. The molecule has 0 aliphatic heterocycles. The van der Waals surface area contributed by atoms with Gasteiger partial charge < -0.3 is 10.4 Å². The highest BCUT2D eigenvalue weighted by molar-refractivity contribution is 6.31. The smallest absolute Gasteiger partial charge is 0.253 e. The lowest BCUT2D eigenvalue weighted by Gasteiger charge is -2.27. The largest absolute Gasteiger partial charge is 0.385 e. The molecule has 1 amide bonds. The summed E-state index contributed by atoms with van der Waals surface area (Å²) in [5.74, 6) is 0.177. The Bertz CT molecular complexity index is 1140. The average Bonchev–Trinajstić information content (AvgIpc) is 3.06. The molecule has 8 heteroatoms. The summed E-state index contributed by atoms with van der Waals surface area (Å²) in [4.78, 5) is 16.4. The number of hydrogen-bond acceptors (Lipinski definition) is 5. The molecule has 7 nitrogen and oxygen atoms in total. The standard InChI is InChI=1S/C20H16ClN5O2/c21-12-2-16(15-9-24-26-17(15)3-12)20(28)4-13-14(5-20)18(13)25-19(27)11-1-10(6-22)7-23-8-11/h1-3,7-9,13-14,18,28H,4-5H2,(H,24,26)(H,25,27). The third kappa shape index (κ3) is 2.65. The Morgan fingerprint density at radius 2 is 2.07 bits per heavy atom. The summed E-state index contributed by atoms with van der Waals surface area (Å²) in [5.41, 5.74) is 1.32. The van der Waals surface area contributed by atoms with E-state index in [1.807, 2.05) is 6.07 Å². The number of rotatable bonds is 3. The minimum absolute atomic E-state index is 0.0255. The van der Waals surface area contributed by atoms with E-state index in [-0.39, 0.29) is 23.8 Å². The molecule has 1 aromatic carbocycles. The van der Waals surface area contributed by atoms with Gasteiger partial charge in [0.25, 0.3) is 5.91 Å². The number of nitriles is 1. The first-order valence-electron chi connectivity index (χ1n) is 9.00. The van der Waals surface area contributed by atoms with Gasteiger partial charge in [0.1, 0.15) is 6.07 Å². The van der Waals surface area contributed by atoms with Crippen LogP contribution in [0.5, 0.6) is 0 Å². The van der Waals surface area contributed by atoms with Crippen LogP contribution < -0.4 is 5.32 Å². The zero-order valence-electron chi connectivity index (χ0n) is 14.7. The SMILES string of the molecule is N#Cc1cncc(C(=O)NC2C3CC(O)(c4cc(Cl)cc5[nH]ncc45)CC32)c1. The van der Waals surface area contributed by atoms with Crippen LogP contribution >= 0.6 is 11.6 Å². The van der Waals surface area contributed by atoms with Gasteiger partial charge in [0.05, 0.1) is 28.4 Å². The maximum Gasteiger partial charge on any atom is 0.253 e. The van der Waals surface area contributed by atoms with Crippen molar-refractivity contribution in [3.63, 3.8) is 0 Å². The third-order valence-corrected chi connectivity index (χ3v) is 6.15. The number of carbonyl (C=O) groups excluding carboxylic acids is 1. The van der Waals surface area contributed by atoms with Crippen LogP contribution in [0.1, 0.15) is 34.3 Å². The van der Waals surface area contributed by atoms with E-state index >= 15 is 0 Å². The van der Waals surface area contributed by atoms with Gasteiger partial charge in [0, 0.05) is 28.8 Å². The summed E-state index contributed by atoms with van der Waals surface area (Å²) >= 11 is 6.21. The zero-order valence-corrected chi connectivity index (χ0v) is 15.4. The van der Waals surface area contributed by atoms with E-state index < -0.39 is 5.60 Å².